The number of hydrogen-bond donors (Lipinski definition) is 1. The molecule has 0 aromatic carbocycles. The second-order valence-corrected chi connectivity index (χ2v) is 6.79. The summed E-state index contributed by atoms with van der Waals surface area (Å²) in [5, 5.41) is 20.1. The molecule has 3 rings (SSSR count). The van der Waals surface area contributed by atoms with Crippen LogP contribution < -0.4 is 10.1 Å². The molecular weight excluding hydrogens is 382 g/mol. The number of hydrogen-bond acceptors (Lipinski definition) is 8. The quantitative estimate of drug-likeness (QED) is 0.541. The zero-order valence-electron chi connectivity index (χ0n) is 16.3. The maximum atomic E-state index is 12.1. The highest BCUT2D eigenvalue weighted by molar-refractivity contribution is 7.99. The van der Waals surface area contributed by atoms with Gasteiger partial charge in [0.05, 0.1) is 12.4 Å². The van der Waals surface area contributed by atoms with E-state index in [0.717, 1.165) is 12.1 Å². The number of anilines is 1. The molecule has 0 aliphatic rings. The van der Waals surface area contributed by atoms with Gasteiger partial charge in [-0.1, -0.05) is 16.9 Å². The van der Waals surface area contributed by atoms with Crippen molar-refractivity contribution in [3.8, 4) is 17.3 Å². The molecule has 3 aromatic rings. The van der Waals surface area contributed by atoms with E-state index in [0.29, 0.717) is 41.6 Å². The molecule has 0 bridgehead atoms. The van der Waals surface area contributed by atoms with Gasteiger partial charge in [-0.25, -0.2) is 0 Å². The Bertz CT molecular complexity index is 947. The summed E-state index contributed by atoms with van der Waals surface area (Å²) >= 11 is 1.30. The van der Waals surface area contributed by atoms with E-state index in [9.17, 15) is 4.79 Å². The van der Waals surface area contributed by atoms with Crippen molar-refractivity contribution in [1.29, 1.82) is 0 Å². The van der Waals surface area contributed by atoms with E-state index in [1.165, 1.54) is 11.8 Å². The van der Waals surface area contributed by atoms with Crippen molar-refractivity contribution in [2.45, 2.75) is 45.9 Å². The van der Waals surface area contributed by atoms with Gasteiger partial charge in [0.1, 0.15) is 11.3 Å². The maximum absolute atomic E-state index is 12.1. The van der Waals surface area contributed by atoms with E-state index in [1.807, 2.05) is 31.5 Å². The molecule has 0 aliphatic carbocycles. The SMILES string of the molecule is CCOc1nn(CC)cc1-c1nnc(SCC(=O)Nc2cc(C)on2)n1CC. The Morgan fingerprint density at radius 1 is 1.29 bits per heavy atom. The smallest absolute Gasteiger partial charge is 0.243 e. The molecule has 10 nitrogen and oxygen atoms in total. The van der Waals surface area contributed by atoms with E-state index in [4.69, 9.17) is 9.26 Å². The van der Waals surface area contributed by atoms with E-state index in [1.54, 1.807) is 17.7 Å². The van der Waals surface area contributed by atoms with Gasteiger partial charge in [0.2, 0.25) is 11.8 Å². The Hall–Kier alpha value is -2.82. The number of nitrogens with zero attached hydrogens (tertiary/aromatic N) is 6. The highest BCUT2D eigenvalue weighted by Gasteiger charge is 2.21. The molecule has 0 spiro atoms. The minimum atomic E-state index is -0.195. The van der Waals surface area contributed by atoms with Gasteiger partial charge in [-0.05, 0) is 27.7 Å². The highest BCUT2D eigenvalue weighted by atomic mass is 32.2. The Labute approximate surface area is 166 Å². The molecule has 0 atom stereocenters. The Morgan fingerprint density at radius 2 is 2.11 bits per heavy atom. The van der Waals surface area contributed by atoms with Crippen molar-refractivity contribution in [3.05, 3.63) is 18.0 Å². The number of amides is 1. The lowest BCUT2D eigenvalue weighted by Gasteiger charge is -2.07. The summed E-state index contributed by atoms with van der Waals surface area (Å²) in [6, 6.07) is 1.66. The van der Waals surface area contributed by atoms with Crippen LogP contribution in [0.15, 0.2) is 21.9 Å². The normalized spacial score (nSPS) is 11.0. The maximum Gasteiger partial charge on any atom is 0.243 e. The molecule has 150 valence electrons. The standard InChI is InChI=1S/C17H23N7O3S/c1-5-23-9-12(16(21-23)26-7-3)15-19-20-17(24(15)6-2)28-10-14(25)18-13-8-11(4)27-22-13/h8-9H,5-7,10H2,1-4H3,(H,18,22,25). The topological polar surface area (TPSA) is 113 Å². The van der Waals surface area contributed by atoms with Gasteiger partial charge in [-0.3, -0.25) is 9.48 Å². The van der Waals surface area contributed by atoms with Crippen LogP contribution in [0.2, 0.25) is 0 Å². The van der Waals surface area contributed by atoms with Crippen molar-refractivity contribution < 1.29 is 14.1 Å². The average molecular weight is 405 g/mol. The number of carbonyl (C=O) groups excluding carboxylic acids is 1. The third-order valence-electron chi connectivity index (χ3n) is 3.83. The van der Waals surface area contributed by atoms with Gasteiger partial charge in [0.25, 0.3) is 0 Å². The summed E-state index contributed by atoms with van der Waals surface area (Å²) in [7, 11) is 0. The van der Waals surface area contributed by atoms with Crippen LogP contribution in [0.3, 0.4) is 0 Å². The summed E-state index contributed by atoms with van der Waals surface area (Å²) < 4.78 is 14.3. The van der Waals surface area contributed by atoms with Gasteiger partial charge in [0, 0.05) is 25.4 Å². The number of aromatic nitrogens is 6. The summed E-state index contributed by atoms with van der Waals surface area (Å²) in [6.07, 6.45) is 1.90. The minimum Gasteiger partial charge on any atom is -0.476 e. The monoisotopic (exact) mass is 405 g/mol. The molecule has 11 heteroatoms. The van der Waals surface area contributed by atoms with Crippen molar-refractivity contribution in [3.63, 3.8) is 0 Å². The molecule has 28 heavy (non-hydrogen) atoms. The Morgan fingerprint density at radius 3 is 2.75 bits per heavy atom. The lowest BCUT2D eigenvalue weighted by atomic mass is 10.3. The van der Waals surface area contributed by atoms with Crippen LogP contribution in [-0.2, 0) is 17.9 Å². The number of rotatable bonds is 9. The van der Waals surface area contributed by atoms with Crippen LogP contribution in [0, 0.1) is 6.92 Å². The third-order valence-corrected chi connectivity index (χ3v) is 4.80. The first-order valence-electron chi connectivity index (χ1n) is 9.05. The molecule has 0 fully saturated rings. The molecular formula is C17H23N7O3S. The van der Waals surface area contributed by atoms with Gasteiger partial charge >= 0.3 is 0 Å². The molecule has 1 N–H and O–H groups in total. The van der Waals surface area contributed by atoms with Crippen LogP contribution in [0.1, 0.15) is 26.5 Å². The second-order valence-electron chi connectivity index (χ2n) is 5.85. The first-order chi connectivity index (χ1) is 13.5. The van der Waals surface area contributed by atoms with Crippen LogP contribution >= 0.6 is 11.8 Å². The number of nitrogens with one attached hydrogen (secondary N) is 1. The molecule has 1 amide bonds. The van der Waals surface area contributed by atoms with Crippen molar-refractivity contribution in [1.82, 2.24) is 29.7 Å². The van der Waals surface area contributed by atoms with E-state index < -0.39 is 0 Å². The first kappa shape index (κ1) is 19.9. The fourth-order valence-electron chi connectivity index (χ4n) is 2.58. The van der Waals surface area contributed by atoms with Crippen LogP contribution in [0.4, 0.5) is 5.82 Å². The van der Waals surface area contributed by atoms with Gasteiger partial charge < -0.3 is 19.1 Å². The molecule has 0 saturated carbocycles. The molecule has 0 radical (unpaired) electrons. The lowest BCUT2D eigenvalue weighted by molar-refractivity contribution is -0.113. The first-order valence-corrected chi connectivity index (χ1v) is 10.0. The van der Waals surface area contributed by atoms with Crippen LogP contribution in [-0.4, -0.2) is 48.0 Å². The van der Waals surface area contributed by atoms with Gasteiger partial charge in [-0.2, -0.15) is 0 Å². The number of aryl methyl sites for hydroxylation is 2. The highest BCUT2D eigenvalue weighted by Crippen LogP contribution is 2.30. The molecule has 0 saturated heterocycles. The van der Waals surface area contributed by atoms with Gasteiger partial charge in [-0.15, -0.1) is 15.3 Å². The fraction of sp³-hybridized carbons (Fsp3) is 0.471. The molecule has 0 unspecified atom stereocenters. The fourth-order valence-corrected chi connectivity index (χ4v) is 3.38. The van der Waals surface area contributed by atoms with Crippen molar-refractivity contribution in [2.75, 3.05) is 17.7 Å². The summed E-state index contributed by atoms with van der Waals surface area (Å²) in [4.78, 5) is 12.1. The largest absolute Gasteiger partial charge is 0.476 e. The molecule has 3 aromatic heterocycles. The Balaban J connectivity index is 1.75. The number of ether oxygens (including phenoxy) is 1. The predicted octanol–water partition coefficient (Wildman–Crippen LogP) is 2.61. The molecule has 0 aliphatic heterocycles. The predicted molar refractivity (Wildman–Crippen MR) is 104 cm³/mol. The van der Waals surface area contributed by atoms with Gasteiger partial charge in [0.15, 0.2) is 16.8 Å². The summed E-state index contributed by atoms with van der Waals surface area (Å²) in [6.45, 7) is 9.57. The van der Waals surface area contributed by atoms with Crippen molar-refractivity contribution in [2.24, 2.45) is 0 Å². The van der Waals surface area contributed by atoms with Crippen LogP contribution in [0.5, 0.6) is 5.88 Å². The van der Waals surface area contributed by atoms with E-state index in [-0.39, 0.29) is 11.7 Å². The Kier molecular flexibility index (Phi) is 6.34. The minimum absolute atomic E-state index is 0.177. The van der Waals surface area contributed by atoms with Crippen LogP contribution in [0.25, 0.3) is 11.4 Å². The van der Waals surface area contributed by atoms with E-state index in [2.05, 4.69) is 25.8 Å². The molecule has 3 heterocycles. The lowest BCUT2D eigenvalue weighted by Crippen LogP contribution is -2.14. The van der Waals surface area contributed by atoms with Crippen molar-refractivity contribution >= 4 is 23.5 Å². The zero-order chi connectivity index (χ0) is 20.1. The number of carbonyl (C=O) groups is 1. The summed E-state index contributed by atoms with van der Waals surface area (Å²) in [5.74, 6) is 2.21. The van der Waals surface area contributed by atoms with E-state index >= 15 is 0 Å². The second kappa shape index (κ2) is 8.91. The summed E-state index contributed by atoms with van der Waals surface area (Å²) in [5.41, 5.74) is 0.785. The average Bonchev–Trinajstić information content (AvgIpc) is 3.38. The zero-order valence-corrected chi connectivity index (χ0v) is 17.1. The number of thioether (sulfide) groups is 1. The third kappa shape index (κ3) is 4.35.